The molecule has 2 rings (SSSR count). The zero-order chi connectivity index (χ0) is 18.6. The lowest BCUT2D eigenvalue weighted by Gasteiger charge is -2.30. The SMILES string of the molecule is CCN(CC)C(C(=O)NCC(N)C1CC1)c1cccc(C(F)(F)F)c1. The molecule has 0 heterocycles. The fraction of sp³-hybridized carbons (Fsp3) is 0.611. The van der Waals surface area contributed by atoms with Crippen molar-refractivity contribution in [1.29, 1.82) is 0 Å². The topological polar surface area (TPSA) is 58.4 Å². The van der Waals surface area contributed by atoms with Crippen molar-refractivity contribution < 1.29 is 18.0 Å². The Hall–Kier alpha value is -1.60. The molecule has 0 spiro atoms. The van der Waals surface area contributed by atoms with Crippen molar-refractivity contribution in [3.8, 4) is 0 Å². The molecule has 2 atom stereocenters. The van der Waals surface area contributed by atoms with Gasteiger partial charge in [-0.15, -0.1) is 0 Å². The van der Waals surface area contributed by atoms with E-state index in [0.717, 1.165) is 25.0 Å². The number of benzene rings is 1. The van der Waals surface area contributed by atoms with Crippen LogP contribution in [0.1, 0.15) is 43.9 Å². The van der Waals surface area contributed by atoms with Gasteiger partial charge in [-0.1, -0.05) is 26.0 Å². The molecule has 1 aromatic rings. The molecule has 1 amide bonds. The Morgan fingerprint density at radius 1 is 1.32 bits per heavy atom. The molecular formula is C18H26F3N3O. The molecule has 7 heteroatoms. The quantitative estimate of drug-likeness (QED) is 0.752. The lowest BCUT2D eigenvalue weighted by molar-refractivity contribution is -0.138. The van der Waals surface area contributed by atoms with Crippen LogP contribution in [-0.2, 0) is 11.0 Å². The summed E-state index contributed by atoms with van der Waals surface area (Å²) in [5, 5.41) is 2.82. The van der Waals surface area contributed by atoms with Crippen LogP contribution in [0.4, 0.5) is 13.2 Å². The van der Waals surface area contributed by atoms with Gasteiger partial charge in [0.25, 0.3) is 0 Å². The van der Waals surface area contributed by atoms with Gasteiger partial charge >= 0.3 is 6.18 Å². The fourth-order valence-electron chi connectivity index (χ4n) is 3.01. The highest BCUT2D eigenvalue weighted by molar-refractivity contribution is 5.83. The van der Waals surface area contributed by atoms with Crippen LogP contribution in [0.25, 0.3) is 0 Å². The Bertz CT molecular complexity index is 583. The number of hydrogen-bond acceptors (Lipinski definition) is 3. The first kappa shape index (κ1) is 19.7. The molecule has 2 unspecified atom stereocenters. The van der Waals surface area contributed by atoms with Gasteiger partial charge in [0.1, 0.15) is 6.04 Å². The maximum Gasteiger partial charge on any atom is 0.416 e. The van der Waals surface area contributed by atoms with Crippen molar-refractivity contribution in [2.45, 2.75) is 44.9 Å². The average molecular weight is 357 g/mol. The van der Waals surface area contributed by atoms with Crippen LogP contribution in [0.3, 0.4) is 0 Å². The largest absolute Gasteiger partial charge is 0.416 e. The van der Waals surface area contributed by atoms with Crippen LogP contribution >= 0.6 is 0 Å². The van der Waals surface area contributed by atoms with Crippen molar-refractivity contribution in [1.82, 2.24) is 10.2 Å². The molecule has 4 nitrogen and oxygen atoms in total. The third-order valence-electron chi connectivity index (χ3n) is 4.70. The van der Waals surface area contributed by atoms with E-state index in [0.29, 0.717) is 31.1 Å². The van der Waals surface area contributed by atoms with E-state index in [1.807, 2.05) is 18.7 Å². The van der Waals surface area contributed by atoms with Crippen LogP contribution in [0.15, 0.2) is 24.3 Å². The Balaban J connectivity index is 2.21. The molecule has 0 aromatic heterocycles. The summed E-state index contributed by atoms with van der Waals surface area (Å²) in [5.74, 6) is 0.139. The summed E-state index contributed by atoms with van der Waals surface area (Å²) in [6.07, 6.45) is -2.29. The average Bonchev–Trinajstić information content (AvgIpc) is 3.41. The number of hydrogen-bond donors (Lipinski definition) is 2. The van der Waals surface area contributed by atoms with Crippen molar-refractivity contribution >= 4 is 5.91 Å². The summed E-state index contributed by atoms with van der Waals surface area (Å²) in [7, 11) is 0. The van der Waals surface area contributed by atoms with Crippen LogP contribution < -0.4 is 11.1 Å². The highest BCUT2D eigenvalue weighted by Gasteiger charge is 2.34. The number of carbonyl (C=O) groups excluding carboxylic acids is 1. The van der Waals surface area contributed by atoms with Gasteiger partial charge in [0.15, 0.2) is 0 Å². The minimum absolute atomic E-state index is 0.0946. The smallest absolute Gasteiger partial charge is 0.353 e. The highest BCUT2D eigenvalue weighted by Crippen LogP contribution is 2.33. The maximum absolute atomic E-state index is 13.0. The number of nitrogens with one attached hydrogen (secondary N) is 1. The fourth-order valence-corrected chi connectivity index (χ4v) is 3.01. The molecule has 1 fully saturated rings. The van der Waals surface area contributed by atoms with E-state index in [4.69, 9.17) is 5.73 Å². The van der Waals surface area contributed by atoms with Crippen molar-refractivity contribution in [2.75, 3.05) is 19.6 Å². The minimum atomic E-state index is -4.44. The second-order valence-corrected chi connectivity index (χ2v) is 6.49. The molecule has 25 heavy (non-hydrogen) atoms. The number of nitrogens with two attached hydrogens (primary N) is 1. The van der Waals surface area contributed by atoms with Gasteiger partial charge in [0.2, 0.25) is 5.91 Å². The van der Waals surface area contributed by atoms with Crippen LogP contribution in [-0.4, -0.2) is 36.5 Å². The predicted molar refractivity (Wildman–Crippen MR) is 90.8 cm³/mol. The molecule has 1 aliphatic rings. The Kier molecular flexibility index (Phi) is 6.46. The van der Waals surface area contributed by atoms with Crippen LogP contribution in [0, 0.1) is 5.92 Å². The first-order valence-corrected chi connectivity index (χ1v) is 8.72. The Morgan fingerprint density at radius 2 is 1.96 bits per heavy atom. The van der Waals surface area contributed by atoms with Crippen LogP contribution in [0.5, 0.6) is 0 Å². The van der Waals surface area contributed by atoms with Crippen molar-refractivity contribution in [3.63, 3.8) is 0 Å². The Morgan fingerprint density at radius 3 is 2.48 bits per heavy atom. The number of nitrogens with zero attached hydrogens (tertiary/aromatic N) is 1. The summed E-state index contributed by atoms with van der Waals surface area (Å²) in [6.45, 7) is 5.22. The van der Waals surface area contributed by atoms with Gasteiger partial charge in [-0.25, -0.2) is 0 Å². The molecule has 1 aromatic carbocycles. The van der Waals surface area contributed by atoms with E-state index in [2.05, 4.69) is 5.32 Å². The molecule has 140 valence electrons. The van der Waals surface area contributed by atoms with E-state index in [1.165, 1.54) is 6.07 Å². The standard InChI is InChI=1S/C18H26F3N3O/c1-3-24(4-2)16(17(25)23-11-15(22)12-8-9-12)13-6-5-7-14(10-13)18(19,20)21/h5-7,10,12,15-16H,3-4,8-9,11,22H2,1-2H3,(H,23,25). The molecule has 0 radical (unpaired) electrons. The number of likely N-dealkylation sites (N-methyl/N-ethyl adjacent to an activating group) is 1. The number of alkyl halides is 3. The van der Waals surface area contributed by atoms with E-state index in [9.17, 15) is 18.0 Å². The van der Waals surface area contributed by atoms with E-state index in [-0.39, 0.29) is 11.9 Å². The summed E-state index contributed by atoms with van der Waals surface area (Å²) >= 11 is 0. The highest BCUT2D eigenvalue weighted by atomic mass is 19.4. The lowest BCUT2D eigenvalue weighted by Crippen LogP contribution is -2.45. The minimum Gasteiger partial charge on any atom is -0.353 e. The van der Waals surface area contributed by atoms with Gasteiger partial charge in [0, 0.05) is 12.6 Å². The third-order valence-corrected chi connectivity index (χ3v) is 4.70. The number of rotatable bonds is 8. The third kappa shape index (κ3) is 5.19. The molecule has 1 saturated carbocycles. The normalized spacial score (nSPS) is 17.4. The van der Waals surface area contributed by atoms with Gasteiger partial charge in [0.05, 0.1) is 5.56 Å². The van der Waals surface area contributed by atoms with Gasteiger partial charge in [-0.2, -0.15) is 13.2 Å². The molecule has 3 N–H and O–H groups in total. The second kappa shape index (κ2) is 8.19. The predicted octanol–water partition coefficient (Wildman–Crippen LogP) is 2.94. The van der Waals surface area contributed by atoms with Crippen molar-refractivity contribution in [2.24, 2.45) is 11.7 Å². The number of carbonyl (C=O) groups is 1. The van der Waals surface area contributed by atoms with Gasteiger partial charge in [-0.3, -0.25) is 9.69 Å². The number of halogens is 3. The molecular weight excluding hydrogens is 331 g/mol. The van der Waals surface area contributed by atoms with E-state index in [1.54, 1.807) is 6.07 Å². The van der Waals surface area contributed by atoms with Gasteiger partial charge < -0.3 is 11.1 Å². The van der Waals surface area contributed by atoms with E-state index >= 15 is 0 Å². The summed E-state index contributed by atoms with van der Waals surface area (Å²) in [6, 6.07) is 4.13. The lowest BCUT2D eigenvalue weighted by atomic mass is 10.0. The zero-order valence-electron chi connectivity index (χ0n) is 14.6. The number of amides is 1. The summed E-state index contributed by atoms with van der Waals surface area (Å²) < 4.78 is 39.0. The second-order valence-electron chi connectivity index (χ2n) is 6.49. The first-order chi connectivity index (χ1) is 11.8. The van der Waals surface area contributed by atoms with Gasteiger partial charge in [-0.05, 0) is 49.5 Å². The summed E-state index contributed by atoms with van der Waals surface area (Å²) in [5.41, 5.74) is 5.61. The van der Waals surface area contributed by atoms with Crippen LogP contribution in [0.2, 0.25) is 0 Å². The monoisotopic (exact) mass is 357 g/mol. The molecule has 0 saturated heterocycles. The maximum atomic E-state index is 13.0. The van der Waals surface area contributed by atoms with Crippen molar-refractivity contribution in [3.05, 3.63) is 35.4 Å². The molecule has 1 aliphatic carbocycles. The molecule has 0 aliphatic heterocycles. The summed E-state index contributed by atoms with van der Waals surface area (Å²) in [4.78, 5) is 14.6. The first-order valence-electron chi connectivity index (χ1n) is 8.72. The molecule has 0 bridgehead atoms. The Labute approximate surface area is 146 Å². The van der Waals surface area contributed by atoms with E-state index < -0.39 is 17.8 Å². The zero-order valence-corrected chi connectivity index (χ0v) is 14.6.